The van der Waals surface area contributed by atoms with Crippen LogP contribution in [-0.2, 0) is 18.0 Å². The van der Waals surface area contributed by atoms with Crippen molar-refractivity contribution in [1.29, 1.82) is 0 Å². The van der Waals surface area contributed by atoms with Crippen LogP contribution in [0.5, 0.6) is 0 Å². The van der Waals surface area contributed by atoms with E-state index in [1.807, 2.05) is 20.8 Å². The normalized spacial score (nSPS) is 24.7. The van der Waals surface area contributed by atoms with Gasteiger partial charge in [0.05, 0.1) is 18.8 Å². The van der Waals surface area contributed by atoms with E-state index in [9.17, 15) is 9.90 Å². The van der Waals surface area contributed by atoms with Crippen LogP contribution in [0.1, 0.15) is 83.1 Å². The number of likely N-dealkylation sites (tertiary alicyclic amines) is 1. The molecule has 1 rings (SSSR count). The van der Waals surface area contributed by atoms with Gasteiger partial charge in [0.15, 0.2) is 31.2 Å². The van der Waals surface area contributed by atoms with E-state index in [0.29, 0.717) is 0 Å². The second-order valence-electron chi connectivity index (χ2n) is 16.6. The van der Waals surface area contributed by atoms with Crippen molar-refractivity contribution >= 4 is 31.0 Å². The summed E-state index contributed by atoms with van der Waals surface area (Å²) in [6.07, 6.45) is -3.02. The van der Waals surface area contributed by atoms with Crippen LogP contribution in [0.2, 0.25) is 54.4 Å². The number of carbonyl (C=O) groups excluding carboxylic acids is 1. The smallest absolute Gasteiger partial charge is 0.412 e. The Kier molecular flexibility index (Phi) is 10.6. The molecular formula is C28H61NO6Si3. The van der Waals surface area contributed by atoms with E-state index >= 15 is 0 Å². The summed E-state index contributed by atoms with van der Waals surface area (Å²) in [5.41, 5.74) is -0.713. The molecule has 1 aliphatic heterocycles. The molecule has 0 spiro atoms. The molecule has 0 aromatic rings. The highest BCUT2D eigenvalue weighted by molar-refractivity contribution is 6.75. The Morgan fingerprint density at radius 3 is 1.39 bits per heavy atom. The second kappa shape index (κ2) is 11.2. The molecule has 0 bridgehead atoms. The highest BCUT2D eigenvalue weighted by Crippen LogP contribution is 2.45. The molecule has 0 aliphatic carbocycles. The van der Waals surface area contributed by atoms with E-state index in [0.717, 1.165) is 0 Å². The molecule has 4 atom stereocenters. The molecule has 1 fully saturated rings. The molecule has 10 heteroatoms. The first-order valence-corrected chi connectivity index (χ1v) is 22.9. The lowest BCUT2D eigenvalue weighted by Crippen LogP contribution is -2.55. The van der Waals surface area contributed by atoms with Crippen molar-refractivity contribution in [1.82, 2.24) is 4.90 Å². The lowest BCUT2D eigenvalue weighted by Gasteiger charge is -2.44. The van der Waals surface area contributed by atoms with Gasteiger partial charge in [-0.2, -0.15) is 0 Å². The SMILES string of the molecule is CC(C)(C)OC(=O)N1C(O)[C@H](O[Si](C)(C)C(C)(C)C)[C@H](O[Si](C)(C)C(C)(C)C)[C@H]1CO[Si](C)(C)C(C)(C)C. The highest BCUT2D eigenvalue weighted by Gasteiger charge is 2.58. The molecule has 1 aliphatic rings. The predicted molar refractivity (Wildman–Crippen MR) is 165 cm³/mol. The zero-order valence-corrected chi connectivity index (χ0v) is 31.0. The summed E-state index contributed by atoms with van der Waals surface area (Å²) in [7, 11) is -6.83. The third kappa shape index (κ3) is 8.39. The highest BCUT2D eigenvalue weighted by atomic mass is 28.4. The Balaban J connectivity index is 3.70. The van der Waals surface area contributed by atoms with E-state index in [1.54, 1.807) is 0 Å². The first-order valence-electron chi connectivity index (χ1n) is 14.1. The van der Waals surface area contributed by atoms with Gasteiger partial charge < -0.3 is 23.1 Å². The largest absolute Gasteiger partial charge is 0.444 e. The first kappa shape index (κ1) is 35.8. The van der Waals surface area contributed by atoms with Gasteiger partial charge in [-0.1, -0.05) is 62.3 Å². The fraction of sp³-hybridized carbons (Fsp3) is 0.964. The zero-order chi connectivity index (χ0) is 30.5. The fourth-order valence-corrected chi connectivity index (χ4v) is 7.09. The molecule has 1 amide bonds. The summed E-state index contributed by atoms with van der Waals surface area (Å²) in [6, 6.07) is -0.544. The quantitative estimate of drug-likeness (QED) is 0.305. The lowest BCUT2D eigenvalue weighted by atomic mass is 10.1. The molecule has 0 radical (unpaired) electrons. The summed E-state index contributed by atoms with van der Waals surface area (Å²) in [5, 5.41) is 11.6. The molecule has 1 saturated heterocycles. The number of rotatable bonds is 7. The molecule has 226 valence electrons. The predicted octanol–water partition coefficient (Wildman–Crippen LogP) is 7.73. The Bertz CT molecular complexity index is 818. The average Bonchev–Trinajstić information content (AvgIpc) is 2.86. The molecule has 0 saturated carbocycles. The van der Waals surface area contributed by atoms with Gasteiger partial charge in [0, 0.05) is 0 Å². The van der Waals surface area contributed by atoms with Gasteiger partial charge in [-0.25, -0.2) is 4.79 Å². The van der Waals surface area contributed by atoms with Crippen molar-refractivity contribution in [2.45, 2.75) is 168 Å². The van der Waals surface area contributed by atoms with Gasteiger partial charge >= 0.3 is 6.09 Å². The van der Waals surface area contributed by atoms with Crippen LogP contribution >= 0.6 is 0 Å². The lowest BCUT2D eigenvalue weighted by molar-refractivity contribution is -0.0581. The minimum atomic E-state index is -2.34. The number of carbonyl (C=O) groups is 1. The van der Waals surface area contributed by atoms with Crippen molar-refractivity contribution in [2.24, 2.45) is 0 Å². The maximum atomic E-state index is 13.6. The maximum absolute atomic E-state index is 13.6. The molecule has 1 heterocycles. The number of aliphatic hydroxyl groups excluding tert-OH is 1. The van der Waals surface area contributed by atoms with Gasteiger partial charge in [0.2, 0.25) is 0 Å². The van der Waals surface area contributed by atoms with Crippen LogP contribution in [0.15, 0.2) is 0 Å². The van der Waals surface area contributed by atoms with E-state index in [4.69, 9.17) is 18.0 Å². The second-order valence-corrected chi connectivity index (χ2v) is 30.9. The van der Waals surface area contributed by atoms with Crippen LogP contribution < -0.4 is 0 Å². The van der Waals surface area contributed by atoms with Gasteiger partial charge in [-0.15, -0.1) is 0 Å². The zero-order valence-electron chi connectivity index (χ0n) is 28.0. The number of nitrogens with zero attached hydrogens (tertiary/aromatic N) is 1. The molecule has 1 unspecified atom stereocenters. The van der Waals surface area contributed by atoms with Crippen LogP contribution in [-0.4, -0.2) is 77.7 Å². The van der Waals surface area contributed by atoms with Crippen molar-refractivity contribution in [3.63, 3.8) is 0 Å². The van der Waals surface area contributed by atoms with Gasteiger partial charge in [0.1, 0.15) is 11.7 Å². The number of aliphatic hydroxyl groups is 1. The molecule has 7 nitrogen and oxygen atoms in total. The molecular weight excluding hydrogens is 531 g/mol. The molecule has 1 N–H and O–H groups in total. The summed E-state index contributed by atoms with van der Waals surface area (Å²) < 4.78 is 26.4. The molecule has 0 aromatic carbocycles. The number of hydrogen-bond acceptors (Lipinski definition) is 6. The van der Waals surface area contributed by atoms with Crippen LogP contribution in [0.25, 0.3) is 0 Å². The molecule has 0 aromatic heterocycles. The van der Waals surface area contributed by atoms with E-state index in [-0.39, 0.29) is 21.7 Å². The van der Waals surface area contributed by atoms with E-state index in [2.05, 4.69) is 102 Å². The monoisotopic (exact) mass is 591 g/mol. The van der Waals surface area contributed by atoms with E-state index in [1.165, 1.54) is 4.90 Å². The van der Waals surface area contributed by atoms with Crippen LogP contribution in [0.3, 0.4) is 0 Å². The number of hydrogen-bond donors (Lipinski definition) is 1. The minimum Gasteiger partial charge on any atom is -0.444 e. The number of ether oxygens (including phenoxy) is 1. The standard InChI is InChI=1S/C28H61NO6Si3/c1-25(2,3)33-24(31)29-20(19-32-36(13,14)26(4,5)6)21(34-37(15,16)27(7,8)9)22(23(29)30)35-38(17,18)28(10,11)12/h20-23,30H,19H2,1-18H3/t20-,21-,22-,23?/m1/s1. The Morgan fingerprint density at radius 2 is 1.05 bits per heavy atom. The average molecular weight is 592 g/mol. The topological polar surface area (TPSA) is 77.5 Å². The number of amides is 1. The van der Waals surface area contributed by atoms with Crippen molar-refractivity contribution in [3.8, 4) is 0 Å². The third-order valence-corrected chi connectivity index (χ3v) is 22.6. The summed E-state index contributed by atoms with van der Waals surface area (Å²) in [4.78, 5) is 15.1. The maximum Gasteiger partial charge on any atom is 0.412 e. The van der Waals surface area contributed by atoms with Crippen molar-refractivity contribution in [2.75, 3.05) is 6.61 Å². The van der Waals surface area contributed by atoms with Gasteiger partial charge in [0.25, 0.3) is 0 Å². The van der Waals surface area contributed by atoms with E-state index < -0.39 is 61.1 Å². The van der Waals surface area contributed by atoms with Gasteiger partial charge in [-0.3, -0.25) is 4.90 Å². The van der Waals surface area contributed by atoms with Crippen molar-refractivity contribution in [3.05, 3.63) is 0 Å². The van der Waals surface area contributed by atoms with Crippen LogP contribution in [0.4, 0.5) is 4.79 Å². The summed E-state index contributed by atoms with van der Waals surface area (Å²) in [6.45, 7) is 38.6. The Labute approximate surface area is 237 Å². The Hall–Kier alpha value is -0.239. The summed E-state index contributed by atoms with van der Waals surface area (Å²) >= 11 is 0. The Morgan fingerprint density at radius 1 is 0.684 bits per heavy atom. The van der Waals surface area contributed by atoms with Crippen molar-refractivity contribution < 1.29 is 27.9 Å². The molecule has 38 heavy (non-hydrogen) atoms. The first-order chi connectivity index (χ1) is 16.5. The van der Waals surface area contributed by atoms with Crippen LogP contribution in [0, 0.1) is 0 Å². The summed E-state index contributed by atoms with van der Waals surface area (Å²) in [5.74, 6) is 0. The minimum absolute atomic E-state index is 0.00616. The van der Waals surface area contributed by atoms with Gasteiger partial charge in [-0.05, 0) is 75.2 Å². The third-order valence-electron chi connectivity index (χ3n) is 9.14. The fourth-order valence-electron chi connectivity index (χ4n) is 3.45.